The molecule has 1 aliphatic rings. The Morgan fingerprint density at radius 3 is 2.23 bits per heavy atom. The molecule has 1 saturated heterocycles. The second kappa shape index (κ2) is 6.26. The second-order valence-corrected chi connectivity index (χ2v) is 7.35. The molecule has 1 aromatic rings. The minimum Gasteiger partial charge on any atom is -0.399 e. The van der Waals surface area contributed by atoms with Crippen molar-refractivity contribution in [1.82, 2.24) is 0 Å². The van der Waals surface area contributed by atoms with Gasteiger partial charge in [0.25, 0.3) is 0 Å². The molecule has 0 atom stereocenters. The third-order valence-corrected chi connectivity index (χ3v) is 4.89. The number of nitrogens with zero attached hydrogens (tertiary/aromatic N) is 1. The van der Waals surface area contributed by atoms with Gasteiger partial charge in [0.2, 0.25) is 5.91 Å². The number of anilines is 1. The van der Waals surface area contributed by atoms with Gasteiger partial charge in [0.1, 0.15) is 0 Å². The van der Waals surface area contributed by atoms with Gasteiger partial charge in [-0.1, -0.05) is 18.2 Å². The maximum absolute atomic E-state index is 12.0. The molecule has 0 spiro atoms. The number of carbonyl (C=O) groups is 1. The number of hydrogen-bond donors (Lipinski definition) is 0. The fourth-order valence-corrected chi connectivity index (χ4v) is 2.94. The predicted octanol–water partition coefficient (Wildman–Crippen LogP) is 2.66. The molecule has 22 heavy (non-hydrogen) atoms. The number of hydrogen-bond acceptors (Lipinski definition) is 4. The largest absolute Gasteiger partial charge is 0.496 e. The minimum atomic E-state index is -0.468. The quantitative estimate of drug-likeness (QED) is 0.631. The highest BCUT2D eigenvalue weighted by Crippen LogP contribution is 2.37. The van der Waals surface area contributed by atoms with Crippen LogP contribution in [0.3, 0.4) is 0 Å². The zero-order chi connectivity index (χ0) is 16.5. The maximum Gasteiger partial charge on any atom is 0.496 e. The first-order valence-corrected chi connectivity index (χ1v) is 8.80. The van der Waals surface area contributed by atoms with Crippen LogP contribution in [-0.4, -0.2) is 36.4 Å². The van der Waals surface area contributed by atoms with Crippen molar-refractivity contribution in [1.29, 1.82) is 0 Å². The summed E-state index contributed by atoms with van der Waals surface area (Å²) in [6, 6.07) is 7.79. The Balaban J connectivity index is 2.40. The highest BCUT2D eigenvalue weighted by molar-refractivity contribution is 7.98. The molecule has 1 aromatic carbocycles. The smallest absolute Gasteiger partial charge is 0.399 e. The molecule has 0 bridgehead atoms. The van der Waals surface area contributed by atoms with Gasteiger partial charge in [0, 0.05) is 18.1 Å². The molecule has 2 rings (SSSR count). The molecule has 1 heterocycles. The molecule has 0 N–H and O–H groups in total. The molecule has 0 unspecified atom stereocenters. The third kappa shape index (κ3) is 3.19. The van der Waals surface area contributed by atoms with Crippen molar-refractivity contribution in [2.24, 2.45) is 0 Å². The summed E-state index contributed by atoms with van der Waals surface area (Å²) in [5.74, 6) is 0.615. The van der Waals surface area contributed by atoms with Gasteiger partial charge in [0.15, 0.2) is 0 Å². The average Bonchev–Trinajstić information content (AvgIpc) is 2.64. The zero-order valence-electron chi connectivity index (χ0n) is 14.2. The van der Waals surface area contributed by atoms with Crippen LogP contribution in [0.2, 0.25) is 0 Å². The highest BCUT2D eigenvalue weighted by Gasteiger charge is 2.52. The SMILES string of the molecule is CSCN(C(C)=O)c1ccccc1B1OC(C)(C)C(C)(C)O1. The fourth-order valence-electron chi connectivity index (χ4n) is 2.36. The normalized spacial score (nSPS) is 19.3. The molecule has 120 valence electrons. The van der Waals surface area contributed by atoms with E-state index in [-0.39, 0.29) is 5.91 Å². The van der Waals surface area contributed by atoms with E-state index in [1.807, 2.05) is 58.2 Å². The first kappa shape index (κ1) is 17.4. The summed E-state index contributed by atoms with van der Waals surface area (Å²) < 4.78 is 12.3. The monoisotopic (exact) mass is 321 g/mol. The predicted molar refractivity (Wildman–Crippen MR) is 93.7 cm³/mol. The first-order valence-electron chi connectivity index (χ1n) is 7.41. The highest BCUT2D eigenvalue weighted by atomic mass is 32.2. The Hall–Kier alpha value is -0.975. The fraction of sp³-hybridized carbons (Fsp3) is 0.562. The average molecular weight is 321 g/mol. The molecule has 1 amide bonds. The van der Waals surface area contributed by atoms with Crippen molar-refractivity contribution < 1.29 is 14.1 Å². The molecule has 0 aromatic heterocycles. The molecular weight excluding hydrogens is 297 g/mol. The molecule has 0 radical (unpaired) electrons. The van der Waals surface area contributed by atoms with Crippen LogP contribution in [0.5, 0.6) is 0 Å². The second-order valence-electron chi connectivity index (χ2n) is 6.51. The van der Waals surface area contributed by atoms with E-state index in [1.165, 1.54) is 0 Å². The Labute approximate surface area is 137 Å². The summed E-state index contributed by atoms with van der Waals surface area (Å²) in [4.78, 5) is 13.7. The van der Waals surface area contributed by atoms with Crippen LogP contribution in [0.4, 0.5) is 5.69 Å². The van der Waals surface area contributed by atoms with E-state index in [0.29, 0.717) is 5.88 Å². The summed E-state index contributed by atoms with van der Waals surface area (Å²) in [7, 11) is -0.468. The van der Waals surface area contributed by atoms with Gasteiger partial charge in [0.05, 0.1) is 17.1 Å². The van der Waals surface area contributed by atoms with Gasteiger partial charge in [-0.2, -0.15) is 0 Å². The Morgan fingerprint density at radius 1 is 1.18 bits per heavy atom. The lowest BCUT2D eigenvalue weighted by molar-refractivity contribution is -0.116. The summed E-state index contributed by atoms with van der Waals surface area (Å²) in [6.45, 7) is 9.69. The van der Waals surface area contributed by atoms with Crippen molar-refractivity contribution >= 4 is 35.9 Å². The maximum atomic E-state index is 12.0. The zero-order valence-corrected chi connectivity index (χ0v) is 15.0. The van der Waals surface area contributed by atoms with Crippen molar-refractivity contribution in [3.05, 3.63) is 24.3 Å². The summed E-state index contributed by atoms with van der Waals surface area (Å²) in [5.41, 5.74) is 0.949. The van der Waals surface area contributed by atoms with Gasteiger partial charge in [-0.3, -0.25) is 4.79 Å². The number of carbonyl (C=O) groups excluding carboxylic acids is 1. The molecule has 1 aliphatic heterocycles. The van der Waals surface area contributed by atoms with Gasteiger partial charge < -0.3 is 14.2 Å². The van der Waals surface area contributed by atoms with Crippen LogP contribution >= 0.6 is 11.8 Å². The first-order chi connectivity index (χ1) is 10.2. The topological polar surface area (TPSA) is 38.8 Å². The number of benzene rings is 1. The lowest BCUT2D eigenvalue weighted by Gasteiger charge is -2.32. The molecule has 0 aliphatic carbocycles. The van der Waals surface area contributed by atoms with Crippen molar-refractivity contribution in [3.8, 4) is 0 Å². The third-order valence-electron chi connectivity index (χ3n) is 4.37. The standard InChI is InChI=1S/C16H24BNO3S/c1-12(19)18(11-22-6)14-10-8-7-9-13(14)17-20-15(2,3)16(4,5)21-17/h7-10H,11H2,1-6H3. The Kier molecular flexibility index (Phi) is 4.95. The summed E-state index contributed by atoms with van der Waals surface area (Å²) >= 11 is 1.61. The van der Waals surface area contributed by atoms with E-state index in [1.54, 1.807) is 23.6 Å². The van der Waals surface area contributed by atoms with Gasteiger partial charge in [-0.15, -0.1) is 11.8 Å². The number of para-hydroxylation sites is 1. The number of rotatable bonds is 4. The molecule has 6 heteroatoms. The number of thioether (sulfide) groups is 1. The van der Waals surface area contributed by atoms with Crippen LogP contribution in [0.15, 0.2) is 24.3 Å². The van der Waals surface area contributed by atoms with E-state index in [2.05, 4.69) is 0 Å². The minimum absolute atomic E-state index is 0.0123. The van der Waals surface area contributed by atoms with Crippen LogP contribution in [0.1, 0.15) is 34.6 Å². The molecular formula is C16H24BNO3S. The van der Waals surface area contributed by atoms with Crippen LogP contribution < -0.4 is 10.4 Å². The molecule has 1 fully saturated rings. The van der Waals surface area contributed by atoms with E-state index in [9.17, 15) is 4.79 Å². The number of amides is 1. The van der Waals surface area contributed by atoms with E-state index in [0.717, 1.165) is 11.2 Å². The van der Waals surface area contributed by atoms with Gasteiger partial charge in [-0.05, 0) is 40.0 Å². The van der Waals surface area contributed by atoms with E-state index < -0.39 is 18.3 Å². The van der Waals surface area contributed by atoms with E-state index >= 15 is 0 Å². The van der Waals surface area contributed by atoms with Crippen LogP contribution in [0, 0.1) is 0 Å². The van der Waals surface area contributed by atoms with Crippen molar-refractivity contribution in [3.63, 3.8) is 0 Å². The van der Waals surface area contributed by atoms with Crippen molar-refractivity contribution in [2.45, 2.75) is 45.8 Å². The molecule has 0 saturated carbocycles. The summed E-state index contributed by atoms with van der Waals surface area (Å²) in [5, 5.41) is 0. The van der Waals surface area contributed by atoms with Gasteiger partial charge in [-0.25, -0.2) is 0 Å². The summed E-state index contributed by atoms with van der Waals surface area (Å²) in [6.07, 6.45) is 1.98. The molecule has 4 nitrogen and oxygen atoms in total. The van der Waals surface area contributed by atoms with Crippen LogP contribution in [-0.2, 0) is 14.1 Å². The van der Waals surface area contributed by atoms with Crippen molar-refractivity contribution in [2.75, 3.05) is 17.0 Å². The Morgan fingerprint density at radius 2 is 1.73 bits per heavy atom. The Bertz CT molecular complexity index is 546. The lowest BCUT2D eigenvalue weighted by Crippen LogP contribution is -2.41. The van der Waals surface area contributed by atoms with Crippen LogP contribution in [0.25, 0.3) is 0 Å². The lowest BCUT2D eigenvalue weighted by atomic mass is 9.77. The van der Waals surface area contributed by atoms with Gasteiger partial charge >= 0.3 is 7.12 Å². The van der Waals surface area contributed by atoms with E-state index in [4.69, 9.17) is 9.31 Å².